The van der Waals surface area contributed by atoms with Gasteiger partial charge < -0.3 is 15.4 Å². The highest BCUT2D eigenvalue weighted by atomic mass is 16.5. The van der Waals surface area contributed by atoms with E-state index in [0.29, 0.717) is 11.7 Å². The Morgan fingerprint density at radius 2 is 1.84 bits per heavy atom. The highest BCUT2D eigenvalue weighted by Crippen LogP contribution is 2.26. The van der Waals surface area contributed by atoms with Crippen molar-refractivity contribution in [2.75, 3.05) is 24.7 Å². The third kappa shape index (κ3) is 2.56. The van der Waals surface area contributed by atoms with E-state index < -0.39 is 0 Å². The summed E-state index contributed by atoms with van der Waals surface area (Å²) >= 11 is 0. The number of nitrogen functional groups attached to an aromatic ring is 1. The SMILES string of the molecule is Cc1nn(C)c(C)c1Oc1nc(N)nc(N(C)C)n1. The van der Waals surface area contributed by atoms with Gasteiger partial charge in [0.05, 0.1) is 5.69 Å². The summed E-state index contributed by atoms with van der Waals surface area (Å²) in [5, 5.41) is 4.27. The number of rotatable bonds is 3. The second-order valence-electron chi connectivity index (χ2n) is 4.40. The third-order valence-corrected chi connectivity index (χ3v) is 2.66. The van der Waals surface area contributed by atoms with Gasteiger partial charge in [0, 0.05) is 21.1 Å². The molecule has 0 atom stereocenters. The molecule has 0 bridgehead atoms. The Labute approximate surface area is 111 Å². The summed E-state index contributed by atoms with van der Waals surface area (Å²) < 4.78 is 7.42. The Balaban J connectivity index is 2.38. The Morgan fingerprint density at radius 3 is 2.37 bits per heavy atom. The fraction of sp³-hybridized carbons (Fsp3) is 0.455. The minimum atomic E-state index is 0.118. The molecule has 0 saturated heterocycles. The van der Waals surface area contributed by atoms with Crippen LogP contribution in [0.3, 0.4) is 0 Å². The molecule has 19 heavy (non-hydrogen) atoms. The van der Waals surface area contributed by atoms with E-state index >= 15 is 0 Å². The zero-order valence-corrected chi connectivity index (χ0v) is 11.7. The number of aryl methyl sites for hydroxylation is 2. The van der Waals surface area contributed by atoms with Crippen molar-refractivity contribution in [1.29, 1.82) is 0 Å². The van der Waals surface area contributed by atoms with E-state index in [1.165, 1.54) is 0 Å². The molecule has 102 valence electrons. The van der Waals surface area contributed by atoms with Gasteiger partial charge in [-0.05, 0) is 13.8 Å². The van der Waals surface area contributed by atoms with Crippen LogP contribution in [0.5, 0.6) is 11.8 Å². The van der Waals surface area contributed by atoms with Crippen LogP contribution in [0.15, 0.2) is 0 Å². The Bertz CT molecular complexity index is 605. The molecule has 2 heterocycles. The van der Waals surface area contributed by atoms with E-state index in [-0.39, 0.29) is 12.0 Å². The maximum atomic E-state index is 5.68. The molecule has 2 aromatic heterocycles. The number of aromatic nitrogens is 5. The highest BCUT2D eigenvalue weighted by Gasteiger charge is 2.15. The lowest BCUT2D eigenvalue weighted by atomic mass is 10.3. The number of anilines is 2. The van der Waals surface area contributed by atoms with E-state index in [0.717, 1.165) is 11.4 Å². The Kier molecular flexibility index (Phi) is 3.24. The van der Waals surface area contributed by atoms with E-state index in [1.54, 1.807) is 9.58 Å². The summed E-state index contributed by atoms with van der Waals surface area (Å²) in [5.74, 6) is 1.20. The first-order chi connectivity index (χ1) is 8.88. The van der Waals surface area contributed by atoms with Gasteiger partial charge in [0.1, 0.15) is 5.69 Å². The number of hydrogen-bond acceptors (Lipinski definition) is 7. The molecule has 2 rings (SSSR count). The van der Waals surface area contributed by atoms with Crippen molar-refractivity contribution in [1.82, 2.24) is 24.7 Å². The topological polar surface area (TPSA) is 95.0 Å². The summed E-state index contributed by atoms with van der Waals surface area (Å²) in [6.45, 7) is 3.77. The minimum absolute atomic E-state index is 0.118. The maximum absolute atomic E-state index is 5.68. The largest absolute Gasteiger partial charge is 0.420 e. The monoisotopic (exact) mass is 263 g/mol. The molecule has 0 saturated carbocycles. The number of hydrogen-bond donors (Lipinski definition) is 1. The van der Waals surface area contributed by atoms with Gasteiger partial charge in [0.25, 0.3) is 0 Å². The normalized spacial score (nSPS) is 10.6. The van der Waals surface area contributed by atoms with Crippen LogP contribution in [0, 0.1) is 13.8 Å². The van der Waals surface area contributed by atoms with Crippen molar-refractivity contribution in [2.24, 2.45) is 7.05 Å². The average Bonchev–Trinajstić information content (AvgIpc) is 2.55. The predicted molar refractivity (Wildman–Crippen MR) is 71.3 cm³/mol. The molecule has 8 nitrogen and oxygen atoms in total. The summed E-state index contributed by atoms with van der Waals surface area (Å²) in [7, 11) is 5.49. The molecule has 0 radical (unpaired) electrons. The van der Waals surface area contributed by atoms with Crippen LogP contribution in [-0.2, 0) is 7.05 Å². The van der Waals surface area contributed by atoms with E-state index in [2.05, 4.69) is 20.1 Å². The molecule has 0 aliphatic carbocycles. The standard InChI is InChI=1S/C11H17N7O/c1-6-8(7(2)18(5)16-6)19-11-14-9(12)13-10(15-11)17(3)4/h1-5H3,(H2,12,13,14,15). The minimum Gasteiger partial charge on any atom is -0.420 e. The van der Waals surface area contributed by atoms with Crippen molar-refractivity contribution < 1.29 is 4.74 Å². The van der Waals surface area contributed by atoms with Crippen molar-refractivity contribution in [3.05, 3.63) is 11.4 Å². The average molecular weight is 263 g/mol. The number of nitrogens with two attached hydrogens (primary N) is 1. The zero-order chi connectivity index (χ0) is 14.2. The molecular formula is C11H17N7O. The summed E-state index contributed by atoms with van der Waals surface area (Å²) in [6.07, 6.45) is 0. The van der Waals surface area contributed by atoms with Crippen LogP contribution in [0.4, 0.5) is 11.9 Å². The van der Waals surface area contributed by atoms with Crippen molar-refractivity contribution >= 4 is 11.9 Å². The second-order valence-corrected chi connectivity index (χ2v) is 4.40. The smallest absolute Gasteiger partial charge is 0.328 e. The van der Waals surface area contributed by atoms with Crippen LogP contribution >= 0.6 is 0 Å². The van der Waals surface area contributed by atoms with Gasteiger partial charge in [0.2, 0.25) is 11.9 Å². The molecule has 0 spiro atoms. The van der Waals surface area contributed by atoms with Crippen LogP contribution in [-0.4, -0.2) is 38.8 Å². The van der Waals surface area contributed by atoms with Gasteiger partial charge in [-0.2, -0.15) is 20.1 Å². The lowest BCUT2D eigenvalue weighted by Crippen LogP contribution is -2.15. The van der Waals surface area contributed by atoms with E-state index in [4.69, 9.17) is 10.5 Å². The van der Waals surface area contributed by atoms with Gasteiger partial charge in [-0.25, -0.2) is 0 Å². The molecule has 0 aliphatic heterocycles. The van der Waals surface area contributed by atoms with Crippen LogP contribution in [0.25, 0.3) is 0 Å². The van der Waals surface area contributed by atoms with Crippen LogP contribution < -0.4 is 15.4 Å². The van der Waals surface area contributed by atoms with Crippen molar-refractivity contribution in [2.45, 2.75) is 13.8 Å². The number of ether oxygens (including phenoxy) is 1. The third-order valence-electron chi connectivity index (χ3n) is 2.66. The van der Waals surface area contributed by atoms with E-state index in [9.17, 15) is 0 Å². The molecule has 2 aromatic rings. The van der Waals surface area contributed by atoms with Gasteiger partial charge in [-0.3, -0.25) is 4.68 Å². The van der Waals surface area contributed by atoms with Gasteiger partial charge in [-0.1, -0.05) is 0 Å². The lowest BCUT2D eigenvalue weighted by molar-refractivity contribution is 0.434. The molecule has 0 aromatic carbocycles. The van der Waals surface area contributed by atoms with E-state index in [1.807, 2.05) is 35.0 Å². The summed E-state index contributed by atoms with van der Waals surface area (Å²) in [5.41, 5.74) is 7.30. The first kappa shape index (κ1) is 13.1. The summed E-state index contributed by atoms with van der Waals surface area (Å²) in [6, 6.07) is 0.162. The first-order valence-corrected chi connectivity index (χ1v) is 5.75. The Hall–Kier alpha value is -2.38. The van der Waals surface area contributed by atoms with Crippen molar-refractivity contribution in [3.8, 4) is 11.8 Å². The Morgan fingerprint density at radius 1 is 1.16 bits per heavy atom. The maximum Gasteiger partial charge on any atom is 0.328 e. The highest BCUT2D eigenvalue weighted by molar-refractivity contribution is 5.38. The molecule has 0 aliphatic rings. The fourth-order valence-corrected chi connectivity index (χ4v) is 1.60. The first-order valence-electron chi connectivity index (χ1n) is 5.75. The number of nitrogens with zero attached hydrogens (tertiary/aromatic N) is 6. The molecule has 8 heteroatoms. The fourth-order valence-electron chi connectivity index (χ4n) is 1.60. The van der Waals surface area contributed by atoms with Gasteiger partial charge in [0.15, 0.2) is 5.75 Å². The van der Waals surface area contributed by atoms with Crippen LogP contribution in [0.2, 0.25) is 0 Å². The predicted octanol–water partition coefficient (Wildman–Crippen LogP) is 0.662. The lowest BCUT2D eigenvalue weighted by Gasteiger charge is -2.11. The molecule has 0 fully saturated rings. The molecule has 2 N–H and O–H groups in total. The molecular weight excluding hydrogens is 246 g/mol. The zero-order valence-electron chi connectivity index (χ0n) is 11.7. The second kappa shape index (κ2) is 4.71. The summed E-state index contributed by atoms with van der Waals surface area (Å²) in [4.78, 5) is 13.9. The van der Waals surface area contributed by atoms with Gasteiger partial charge >= 0.3 is 6.01 Å². The van der Waals surface area contributed by atoms with Crippen molar-refractivity contribution in [3.63, 3.8) is 0 Å². The van der Waals surface area contributed by atoms with Gasteiger partial charge in [-0.15, -0.1) is 0 Å². The molecule has 0 amide bonds. The quantitative estimate of drug-likeness (QED) is 0.869. The molecule has 0 unspecified atom stereocenters. The van der Waals surface area contributed by atoms with Crippen LogP contribution in [0.1, 0.15) is 11.4 Å².